The predicted octanol–water partition coefficient (Wildman–Crippen LogP) is -0.867. The number of hydrogen-bond donors (Lipinski definition) is 2. The first-order valence-corrected chi connectivity index (χ1v) is 7.63. The van der Waals surface area contributed by atoms with Gasteiger partial charge in [-0.15, -0.1) is 0 Å². The van der Waals surface area contributed by atoms with E-state index in [1.807, 2.05) is 0 Å². The molecule has 3 heterocycles. The van der Waals surface area contributed by atoms with Crippen LogP contribution in [0.4, 0.5) is 0 Å². The molecule has 0 radical (unpaired) electrons. The average molecular weight is 310 g/mol. The molecule has 22 heavy (non-hydrogen) atoms. The molecule has 2 bridgehead atoms. The van der Waals surface area contributed by atoms with E-state index in [1.165, 1.54) is 0 Å². The van der Waals surface area contributed by atoms with Gasteiger partial charge in [-0.25, -0.2) is 4.79 Å². The quantitative estimate of drug-likeness (QED) is 0.479. The smallest absolute Gasteiger partial charge is 0.342 e. The first kappa shape index (κ1) is 13.3. The minimum Gasteiger partial charge on any atom is -0.458 e. The lowest BCUT2D eigenvalue weighted by Gasteiger charge is -2.53. The van der Waals surface area contributed by atoms with Crippen molar-refractivity contribution in [1.29, 1.82) is 0 Å². The molecule has 1 spiro atoms. The van der Waals surface area contributed by atoms with Crippen molar-refractivity contribution < 1.29 is 34.0 Å². The Hall–Kier alpha value is -1.18. The van der Waals surface area contributed by atoms with Crippen molar-refractivity contribution in [3.05, 3.63) is 0 Å². The molecule has 5 fully saturated rings. The summed E-state index contributed by atoms with van der Waals surface area (Å²) >= 11 is 0. The summed E-state index contributed by atoms with van der Waals surface area (Å²) < 4.78 is 16.5. The first-order chi connectivity index (χ1) is 10.1. The highest BCUT2D eigenvalue weighted by Crippen LogP contribution is 2.77. The van der Waals surface area contributed by atoms with Crippen molar-refractivity contribution in [2.24, 2.45) is 17.3 Å². The molecular formula is C15H18O7. The fourth-order valence-corrected chi connectivity index (χ4v) is 5.83. The van der Waals surface area contributed by atoms with E-state index in [9.17, 15) is 19.8 Å². The molecule has 0 aromatic carbocycles. The molecule has 0 amide bonds. The van der Waals surface area contributed by atoms with Gasteiger partial charge in [0.2, 0.25) is 5.60 Å². The summed E-state index contributed by atoms with van der Waals surface area (Å²) in [5.41, 5.74) is -4.89. The summed E-state index contributed by atoms with van der Waals surface area (Å²) in [6.07, 6.45) is -1.78. The van der Waals surface area contributed by atoms with Crippen LogP contribution in [0.1, 0.15) is 27.2 Å². The molecule has 3 aliphatic heterocycles. The highest BCUT2D eigenvalue weighted by Gasteiger charge is 2.95. The van der Waals surface area contributed by atoms with E-state index < -0.39 is 64.3 Å². The zero-order valence-electron chi connectivity index (χ0n) is 12.5. The number of aliphatic hydroxyl groups is 2. The van der Waals surface area contributed by atoms with Crippen molar-refractivity contribution in [3.63, 3.8) is 0 Å². The summed E-state index contributed by atoms with van der Waals surface area (Å²) in [5, 5.41) is 21.9. The Kier molecular flexibility index (Phi) is 1.85. The molecule has 5 aliphatic rings. The maximum atomic E-state index is 12.4. The Balaban J connectivity index is 1.76. The van der Waals surface area contributed by atoms with Crippen LogP contribution in [-0.4, -0.2) is 57.3 Å². The lowest BCUT2D eigenvalue weighted by atomic mass is 9.52. The van der Waals surface area contributed by atoms with Gasteiger partial charge in [-0.3, -0.25) is 4.79 Å². The van der Waals surface area contributed by atoms with Gasteiger partial charge in [-0.2, -0.15) is 0 Å². The number of rotatable bonds is 1. The molecule has 7 heteroatoms. The standard InChI is InChI=1S/C15H18O7/c1-12(2,18)6-7-10(16)20-8(6)9-13(3)14(7,19)4-5-15(13,22-5)11(17)21-9/h5-9,18-19H,4H2,1-3H3/t5?,6-,7-,8-,9+,13+,14+,15-/m0/s1. The summed E-state index contributed by atoms with van der Waals surface area (Å²) in [5.74, 6) is -2.51. The Labute approximate surface area is 126 Å². The van der Waals surface area contributed by atoms with Gasteiger partial charge in [-0.05, 0) is 20.8 Å². The van der Waals surface area contributed by atoms with Crippen LogP contribution in [0.2, 0.25) is 0 Å². The number of esters is 2. The average Bonchev–Trinajstić information content (AvgIpc) is 2.85. The highest BCUT2D eigenvalue weighted by atomic mass is 16.7. The van der Waals surface area contributed by atoms with Crippen LogP contribution in [0.5, 0.6) is 0 Å². The highest BCUT2D eigenvalue weighted by molar-refractivity contribution is 5.91. The number of fused-ring (bicyclic) bond motifs is 4. The molecule has 120 valence electrons. The summed E-state index contributed by atoms with van der Waals surface area (Å²) in [7, 11) is 0. The van der Waals surface area contributed by atoms with Crippen molar-refractivity contribution in [2.45, 2.75) is 62.3 Å². The summed E-state index contributed by atoms with van der Waals surface area (Å²) in [6, 6.07) is 0. The summed E-state index contributed by atoms with van der Waals surface area (Å²) in [4.78, 5) is 24.8. The van der Waals surface area contributed by atoms with E-state index in [0.29, 0.717) is 0 Å². The fraction of sp³-hybridized carbons (Fsp3) is 0.867. The fourth-order valence-electron chi connectivity index (χ4n) is 5.83. The van der Waals surface area contributed by atoms with Gasteiger partial charge in [0.15, 0.2) is 6.10 Å². The van der Waals surface area contributed by atoms with Crippen molar-refractivity contribution in [3.8, 4) is 0 Å². The maximum Gasteiger partial charge on any atom is 0.342 e. The van der Waals surface area contributed by atoms with E-state index in [-0.39, 0.29) is 6.42 Å². The molecule has 5 rings (SSSR count). The van der Waals surface area contributed by atoms with Gasteiger partial charge >= 0.3 is 11.9 Å². The third kappa shape index (κ3) is 0.962. The van der Waals surface area contributed by atoms with Crippen LogP contribution in [0.15, 0.2) is 0 Å². The minimum absolute atomic E-state index is 0.189. The third-order valence-electron chi connectivity index (χ3n) is 6.85. The molecule has 8 atom stereocenters. The van der Waals surface area contributed by atoms with Crippen LogP contribution < -0.4 is 0 Å². The molecule has 0 aromatic rings. The number of carbonyl (C=O) groups excluding carboxylic acids is 2. The van der Waals surface area contributed by atoms with Crippen molar-refractivity contribution in [2.75, 3.05) is 0 Å². The molecule has 2 aliphatic carbocycles. The monoisotopic (exact) mass is 310 g/mol. The normalized spacial score (nSPS) is 60.7. The lowest BCUT2D eigenvalue weighted by molar-refractivity contribution is -0.223. The molecule has 2 saturated carbocycles. The lowest BCUT2D eigenvalue weighted by Crippen LogP contribution is -2.68. The van der Waals surface area contributed by atoms with Crippen LogP contribution in [0.3, 0.4) is 0 Å². The van der Waals surface area contributed by atoms with Crippen LogP contribution >= 0.6 is 0 Å². The zero-order chi connectivity index (χ0) is 15.9. The third-order valence-corrected chi connectivity index (χ3v) is 6.85. The summed E-state index contributed by atoms with van der Waals surface area (Å²) in [6.45, 7) is 4.92. The van der Waals surface area contributed by atoms with Gasteiger partial charge in [0.25, 0.3) is 0 Å². The number of carbonyl (C=O) groups is 2. The van der Waals surface area contributed by atoms with E-state index in [1.54, 1.807) is 20.8 Å². The minimum atomic E-state index is -1.47. The van der Waals surface area contributed by atoms with Gasteiger partial charge in [-0.1, -0.05) is 0 Å². The van der Waals surface area contributed by atoms with E-state index in [0.717, 1.165) is 0 Å². The van der Waals surface area contributed by atoms with Gasteiger partial charge < -0.3 is 24.4 Å². The van der Waals surface area contributed by atoms with Crippen molar-refractivity contribution >= 4 is 11.9 Å². The Morgan fingerprint density at radius 2 is 1.95 bits per heavy atom. The van der Waals surface area contributed by atoms with E-state index >= 15 is 0 Å². The molecule has 3 saturated heterocycles. The molecule has 7 nitrogen and oxygen atoms in total. The largest absolute Gasteiger partial charge is 0.458 e. The van der Waals surface area contributed by atoms with Crippen molar-refractivity contribution in [1.82, 2.24) is 0 Å². The van der Waals surface area contributed by atoms with Crippen LogP contribution in [0.25, 0.3) is 0 Å². The molecule has 0 aromatic heterocycles. The number of hydrogen-bond acceptors (Lipinski definition) is 7. The molecular weight excluding hydrogens is 292 g/mol. The molecule has 2 N–H and O–H groups in total. The van der Waals surface area contributed by atoms with Gasteiger partial charge in [0.1, 0.15) is 12.2 Å². The molecule has 1 unspecified atom stereocenters. The Bertz CT molecular complexity index is 638. The Morgan fingerprint density at radius 3 is 2.59 bits per heavy atom. The SMILES string of the molecule is CC(C)(O)[C@@H]1[C@@H]2OC(=O)[C@H]1[C@]1(O)CC3O[C@]34C(=O)O[C@H]2[C@@]41C. The second kappa shape index (κ2) is 3.07. The van der Waals surface area contributed by atoms with Gasteiger partial charge in [0, 0.05) is 12.3 Å². The van der Waals surface area contributed by atoms with E-state index in [2.05, 4.69) is 0 Å². The van der Waals surface area contributed by atoms with Crippen LogP contribution in [-0.2, 0) is 23.8 Å². The van der Waals surface area contributed by atoms with Crippen LogP contribution in [0, 0.1) is 17.3 Å². The first-order valence-electron chi connectivity index (χ1n) is 7.63. The predicted molar refractivity (Wildman–Crippen MR) is 68.3 cm³/mol. The van der Waals surface area contributed by atoms with Gasteiger partial charge in [0.05, 0.1) is 22.5 Å². The topological polar surface area (TPSA) is 106 Å². The number of epoxide rings is 1. The number of ether oxygens (including phenoxy) is 3. The zero-order valence-corrected chi connectivity index (χ0v) is 12.5. The second-order valence-electron chi connectivity index (χ2n) is 8.06. The maximum absolute atomic E-state index is 12.4. The Morgan fingerprint density at radius 1 is 1.27 bits per heavy atom. The second-order valence-corrected chi connectivity index (χ2v) is 8.06. The van der Waals surface area contributed by atoms with E-state index in [4.69, 9.17) is 14.2 Å².